The van der Waals surface area contributed by atoms with Crippen LogP contribution in [0, 0.1) is 0 Å². The molecular weight excluding hydrogens is 484 g/mol. The fourth-order valence-corrected chi connectivity index (χ4v) is 3.84. The molecule has 1 aromatic rings. The zero-order valence-electron chi connectivity index (χ0n) is 20.0. The maximum Gasteiger partial charge on any atom is 0.410 e. The average molecular weight is 519 g/mol. The van der Waals surface area contributed by atoms with Crippen molar-refractivity contribution in [1.82, 2.24) is 10.2 Å². The number of carbonyl (C=O) groups is 2. The van der Waals surface area contributed by atoms with Crippen LogP contribution in [-0.2, 0) is 38.2 Å². The molecule has 0 radical (unpaired) electrons. The Labute approximate surface area is 206 Å². The minimum atomic E-state index is -1.82. The number of aliphatic carboxylic acids is 1. The Hall–Kier alpha value is -2.29. The predicted molar refractivity (Wildman–Crippen MR) is 125 cm³/mol. The van der Waals surface area contributed by atoms with Crippen molar-refractivity contribution in [1.29, 1.82) is 0 Å². The Morgan fingerprint density at radius 2 is 1.89 bits per heavy atom. The monoisotopic (exact) mass is 518 g/mol. The van der Waals surface area contributed by atoms with Gasteiger partial charge in [0.2, 0.25) is 6.29 Å². The van der Waals surface area contributed by atoms with E-state index >= 15 is 0 Å². The van der Waals surface area contributed by atoms with E-state index in [2.05, 4.69) is 5.32 Å². The summed E-state index contributed by atoms with van der Waals surface area (Å²) >= 11 is 0. The van der Waals surface area contributed by atoms with Crippen molar-refractivity contribution in [2.45, 2.75) is 57.7 Å². The lowest BCUT2D eigenvalue weighted by Crippen LogP contribution is -2.61. The lowest BCUT2D eigenvalue weighted by Gasteiger charge is -2.38. The summed E-state index contributed by atoms with van der Waals surface area (Å²) in [5.41, 5.74) is 1.26. The van der Waals surface area contributed by atoms with E-state index < -0.39 is 53.6 Å². The number of rotatable bonds is 12. The number of carboxylic acid groups (broad SMARTS) is 1. The highest BCUT2D eigenvalue weighted by atomic mass is 32.2. The molecule has 198 valence electrons. The average Bonchev–Trinajstić information content (AvgIpc) is 2.82. The van der Waals surface area contributed by atoms with Gasteiger partial charge in [0.25, 0.3) is 0 Å². The van der Waals surface area contributed by atoms with Gasteiger partial charge in [-0.25, -0.2) is 9.59 Å². The first kappa shape index (κ1) is 28.9. The normalized spacial score (nSPS) is 25.0. The van der Waals surface area contributed by atoms with Crippen LogP contribution in [-0.4, -0.2) is 104 Å². The van der Waals surface area contributed by atoms with Crippen molar-refractivity contribution in [2.24, 2.45) is 0 Å². The molecule has 6 atom stereocenters. The van der Waals surface area contributed by atoms with Crippen LogP contribution in [0.15, 0.2) is 18.2 Å². The summed E-state index contributed by atoms with van der Waals surface area (Å²) in [7, 11) is -1.03. The van der Waals surface area contributed by atoms with E-state index in [9.17, 15) is 34.2 Å². The molecule has 0 aromatic heterocycles. The fourth-order valence-electron chi connectivity index (χ4n) is 3.36. The van der Waals surface area contributed by atoms with Crippen molar-refractivity contribution in [3.8, 4) is 5.75 Å². The van der Waals surface area contributed by atoms with Gasteiger partial charge >= 0.3 is 12.1 Å². The molecule has 35 heavy (non-hydrogen) atoms. The summed E-state index contributed by atoms with van der Waals surface area (Å²) in [4.78, 5) is 25.1. The van der Waals surface area contributed by atoms with Crippen molar-refractivity contribution in [2.75, 3.05) is 31.6 Å². The minimum Gasteiger partial charge on any atom is -0.479 e. The van der Waals surface area contributed by atoms with Crippen LogP contribution in [0.4, 0.5) is 4.79 Å². The Bertz CT molecular complexity index is 886. The Kier molecular flexibility index (Phi) is 11.3. The highest BCUT2D eigenvalue weighted by molar-refractivity contribution is 7.84. The van der Waals surface area contributed by atoms with Gasteiger partial charge in [-0.1, -0.05) is 13.0 Å². The second-order valence-electron chi connectivity index (χ2n) is 7.99. The highest BCUT2D eigenvalue weighted by Crippen LogP contribution is 2.28. The molecule has 0 aliphatic carbocycles. The number of aliphatic hydroxyl groups excluding tert-OH is 3. The maximum atomic E-state index is 12.4. The standard InChI is InChI=1S/C22H34N2O10S/c1-4-23-11-14-10-13(12-32-22(30)24(5-2)8-9-35(3)31)6-7-15(14)33-21-18(27)16(25)17(26)19(34-21)20(28)29/h6-7,10,16-19,21,23,25-27H,4-5,8-9,11-12H2,1-3H3,(H,28,29). The van der Waals surface area contributed by atoms with E-state index in [1.807, 2.05) is 6.92 Å². The molecule has 2 rings (SSSR count). The number of benzene rings is 1. The molecule has 0 bridgehead atoms. The van der Waals surface area contributed by atoms with Gasteiger partial charge in [0, 0.05) is 48.0 Å². The summed E-state index contributed by atoms with van der Waals surface area (Å²) in [6.45, 7) is 5.38. The van der Waals surface area contributed by atoms with E-state index in [0.717, 1.165) is 0 Å². The molecule has 0 spiro atoms. The van der Waals surface area contributed by atoms with Crippen LogP contribution in [0.1, 0.15) is 25.0 Å². The molecule has 1 heterocycles. The zero-order valence-corrected chi connectivity index (χ0v) is 20.8. The van der Waals surface area contributed by atoms with Gasteiger partial charge in [-0.05, 0) is 31.2 Å². The minimum absolute atomic E-state index is 0.0293. The quantitative estimate of drug-likeness (QED) is 0.239. The van der Waals surface area contributed by atoms with Crippen molar-refractivity contribution < 1.29 is 48.4 Å². The smallest absolute Gasteiger partial charge is 0.410 e. The van der Waals surface area contributed by atoms with E-state index in [-0.39, 0.29) is 12.4 Å². The number of nitrogens with zero attached hydrogens (tertiary/aromatic N) is 1. The second-order valence-corrected chi connectivity index (χ2v) is 9.54. The molecular formula is C22H34N2O10S. The summed E-state index contributed by atoms with van der Waals surface area (Å²) in [6, 6.07) is 4.90. The Balaban J connectivity index is 2.13. The van der Waals surface area contributed by atoms with E-state index in [4.69, 9.17) is 14.2 Å². The van der Waals surface area contributed by atoms with Crippen LogP contribution in [0.5, 0.6) is 5.75 Å². The van der Waals surface area contributed by atoms with Gasteiger partial charge < -0.3 is 44.9 Å². The van der Waals surface area contributed by atoms with Gasteiger partial charge in [0.05, 0.1) is 0 Å². The van der Waals surface area contributed by atoms with Crippen molar-refractivity contribution in [3.63, 3.8) is 0 Å². The Morgan fingerprint density at radius 3 is 2.49 bits per heavy atom. The third kappa shape index (κ3) is 8.12. The highest BCUT2D eigenvalue weighted by Gasteiger charge is 2.48. The van der Waals surface area contributed by atoms with Crippen molar-refractivity contribution >= 4 is 22.9 Å². The number of nitrogens with one attached hydrogen (secondary N) is 1. The summed E-state index contributed by atoms with van der Waals surface area (Å²) in [5.74, 6) is -0.905. The number of hydrogen-bond acceptors (Lipinski definition) is 10. The first-order chi connectivity index (χ1) is 16.6. The topological polar surface area (TPSA) is 175 Å². The first-order valence-electron chi connectivity index (χ1n) is 11.2. The van der Waals surface area contributed by atoms with E-state index in [1.54, 1.807) is 31.4 Å². The molecule has 1 aliphatic heterocycles. The third-order valence-corrected chi connectivity index (χ3v) is 6.15. The summed E-state index contributed by atoms with van der Waals surface area (Å²) in [5, 5.41) is 42.5. The number of ether oxygens (including phenoxy) is 3. The van der Waals surface area contributed by atoms with Gasteiger partial charge in [0.15, 0.2) is 6.10 Å². The van der Waals surface area contributed by atoms with Crippen LogP contribution >= 0.6 is 0 Å². The SMILES string of the molecule is CCNCc1cc(COC(=O)N(CC)CCS(C)=O)ccc1OC1OC(C(=O)O)C(O)C(O)C1O. The number of hydrogen-bond donors (Lipinski definition) is 5. The summed E-state index contributed by atoms with van der Waals surface area (Å²) in [6.07, 6.45) is -7.57. The molecule has 1 saturated heterocycles. The molecule has 1 aromatic carbocycles. The first-order valence-corrected chi connectivity index (χ1v) is 12.9. The van der Waals surface area contributed by atoms with Gasteiger partial charge in [-0.2, -0.15) is 0 Å². The zero-order chi connectivity index (χ0) is 26.1. The van der Waals surface area contributed by atoms with Crippen LogP contribution in [0.3, 0.4) is 0 Å². The van der Waals surface area contributed by atoms with E-state index in [1.165, 1.54) is 4.90 Å². The Morgan fingerprint density at radius 1 is 1.17 bits per heavy atom. The van der Waals surface area contributed by atoms with Crippen LogP contribution in [0.25, 0.3) is 0 Å². The molecule has 1 aliphatic rings. The second kappa shape index (κ2) is 13.7. The van der Waals surface area contributed by atoms with Crippen LogP contribution < -0.4 is 10.1 Å². The van der Waals surface area contributed by atoms with Crippen LogP contribution in [0.2, 0.25) is 0 Å². The number of carboxylic acids is 1. The van der Waals surface area contributed by atoms with Gasteiger partial charge in [-0.15, -0.1) is 0 Å². The maximum absolute atomic E-state index is 12.4. The predicted octanol–water partition coefficient (Wildman–Crippen LogP) is -0.596. The van der Waals surface area contributed by atoms with Crippen molar-refractivity contribution in [3.05, 3.63) is 29.3 Å². The molecule has 12 nitrogen and oxygen atoms in total. The third-order valence-electron chi connectivity index (χ3n) is 5.40. The molecule has 13 heteroatoms. The van der Waals surface area contributed by atoms with E-state index in [0.29, 0.717) is 43.1 Å². The molecule has 6 unspecified atom stereocenters. The molecule has 5 N–H and O–H groups in total. The number of amides is 1. The lowest BCUT2D eigenvalue weighted by atomic mass is 9.99. The number of aliphatic hydroxyl groups is 3. The molecule has 1 amide bonds. The number of carbonyl (C=O) groups excluding carboxylic acids is 1. The lowest BCUT2D eigenvalue weighted by molar-refractivity contribution is -0.271. The molecule has 1 fully saturated rings. The largest absolute Gasteiger partial charge is 0.479 e. The van der Waals surface area contributed by atoms with Gasteiger partial charge in [0.1, 0.15) is 30.7 Å². The fraction of sp³-hybridized carbons (Fsp3) is 0.636. The molecule has 0 saturated carbocycles. The summed E-state index contributed by atoms with van der Waals surface area (Å²) < 4.78 is 27.6. The van der Waals surface area contributed by atoms with Gasteiger partial charge in [-0.3, -0.25) is 4.21 Å².